The zero-order chi connectivity index (χ0) is 11.5. The second-order valence-electron chi connectivity index (χ2n) is 4.39. The van der Waals surface area contributed by atoms with Gasteiger partial charge >= 0.3 is 6.03 Å². The molecule has 2 amide bonds. The van der Waals surface area contributed by atoms with Gasteiger partial charge in [-0.25, -0.2) is 9.78 Å². The number of amides is 2. The lowest BCUT2D eigenvalue weighted by Gasteiger charge is -2.23. The zero-order valence-electron chi connectivity index (χ0n) is 9.64. The van der Waals surface area contributed by atoms with Crippen LogP contribution < -0.4 is 5.32 Å². The van der Waals surface area contributed by atoms with Gasteiger partial charge < -0.3 is 10.2 Å². The molecule has 0 radical (unpaired) electrons. The Hall–Kier alpha value is -1.10. The van der Waals surface area contributed by atoms with Crippen LogP contribution in [-0.4, -0.2) is 28.0 Å². The third-order valence-corrected chi connectivity index (χ3v) is 3.21. The molecule has 16 heavy (non-hydrogen) atoms. The van der Waals surface area contributed by atoms with Crippen LogP contribution in [0.4, 0.5) is 4.79 Å². The number of urea groups is 1. The highest BCUT2D eigenvalue weighted by molar-refractivity contribution is 7.09. The van der Waals surface area contributed by atoms with Gasteiger partial charge in [0, 0.05) is 23.7 Å². The van der Waals surface area contributed by atoms with E-state index in [-0.39, 0.29) is 12.1 Å². The van der Waals surface area contributed by atoms with E-state index in [9.17, 15) is 4.79 Å². The molecular formula is C11H17N3OS. The van der Waals surface area contributed by atoms with E-state index in [1.807, 2.05) is 24.1 Å². The van der Waals surface area contributed by atoms with Crippen LogP contribution in [0.3, 0.4) is 0 Å². The summed E-state index contributed by atoms with van der Waals surface area (Å²) in [5.74, 6) is 0. The van der Waals surface area contributed by atoms with Gasteiger partial charge in [-0.05, 0) is 26.7 Å². The van der Waals surface area contributed by atoms with Crippen LogP contribution in [0.5, 0.6) is 0 Å². The quantitative estimate of drug-likeness (QED) is 0.875. The molecule has 1 aromatic heterocycles. The van der Waals surface area contributed by atoms with Crippen molar-refractivity contribution in [3.8, 4) is 0 Å². The van der Waals surface area contributed by atoms with Crippen LogP contribution in [0.2, 0.25) is 0 Å². The van der Waals surface area contributed by atoms with Crippen molar-refractivity contribution in [3.63, 3.8) is 0 Å². The number of nitrogens with one attached hydrogen (secondary N) is 1. The zero-order valence-corrected chi connectivity index (χ0v) is 10.5. The fraction of sp³-hybridized carbons (Fsp3) is 0.636. The van der Waals surface area contributed by atoms with Crippen LogP contribution in [0, 0.1) is 0 Å². The number of aromatic nitrogens is 1. The molecule has 0 atom stereocenters. The number of thiazole rings is 1. The predicted molar refractivity (Wildman–Crippen MR) is 64.3 cm³/mol. The van der Waals surface area contributed by atoms with Gasteiger partial charge in [-0.3, -0.25) is 0 Å². The van der Waals surface area contributed by atoms with Crippen molar-refractivity contribution in [2.24, 2.45) is 0 Å². The molecule has 1 aliphatic rings. The molecule has 5 heteroatoms. The Balaban J connectivity index is 1.97. The van der Waals surface area contributed by atoms with Gasteiger partial charge in [0.25, 0.3) is 0 Å². The second kappa shape index (κ2) is 4.82. The van der Waals surface area contributed by atoms with Crippen molar-refractivity contribution in [3.05, 3.63) is 16.6 Å². The van der Waals surface area contributed by atoms with Gasteiger partial charge in [-0.15, -0.1) is 11.3 Å². The number of hydrogen-bond acceptors (Lipinski definition) is 3. The molecule has 0 aromatic carbocycles. The SMILES string of the molecule is CC(C)NC(=O)N(Cc1nccs1)C1CC1. The molecule has 4 nitrogen and oxygen atoms in total. The highest BCUT2D eigenvalue weighted by Crippen LogP contribution is 2.28. The molecule has 0 unspecified atom stereocenters. The van der Waals surface area contributed by atoms with Crippen LogP contribution in [0.25, 0.3) is 0 Å². The average Bonchev–Trinajstić information content (AvgIpc) is 2.91. The fourth-order valence-corrected chi connectivity index (χ4v) is 2.17. The second-order valence-corrected chi connectivity index (χ2v) is 5.37. The maximum atomic E-state index is 12.0. The molecule has 1 saturated carbocycles. The Kier molecular flexibility index (Phi) is 3.43. The molecule has 2 rings (SSSR count). The van der Waals surface area contributed by atoms with Crippen molar-refractivity contribution in [1.29, 1.82) is 0 Å². The normalized spacial score (nSPS) is 15.2. The minimum atomic E-state index is 0.0349. The van der Waals surface area contributed by atoms with E-state index in [0.717, 1.165) is 17.8 Å². The van der Waals surface area contributed by atoms with E-state index < -0.39 is 0 Å². The highest BCUT2D eigenvalue weighted by atomic mass is 32.1. The van der Waals surface area contributed by atoms with E-state index in [0.29, 0.717) is 12.6 Å². The van der Waals surface area contributed by atoms with E-state index in [1.54, 1.807) is 17.5 Å². The number of nitrogens with zero attached hydrogens (tertiary/aromatic N) is 2. The van der Waals surface area contributed by atoms with Gasteiger partial charge in [-0.1, -0.05) is 0 Å². The Labute approximate surface area is 99.7 Å². The Morgan fingerprint density at radius 2 is 2.44 bits per heavy atom. The van der Waals surface area contributed by atoms with Gasteiger partial charge in [-0.2, -0.15) is 0 Å². The summed E-state index contributed by atoms with van der Waals surface area (Å²) in [6, 6.07) is 0.639. The smallest absolute Gasteiger partial charge is 0.318 e. The first kappa shape index (κ1) is 11.4. The summed E-state index contributed by atoms with van der Waals surface area (Å²) in [6.07, 6.45) is 4.03. The number of carbonyl (C=O) groups excluding carboxylic acids is 1. The first-order valence-corrected chi connectivity index (χ1v) is 6.50. The first-order valence-electron chi connectivity index (χ1n) is 5.62. The molecule has 1 fully saturated rings. The maximum absolute atomic E-state index is 12.0. The Morgan fingerprint density at radius 1 is 1.69 bits per heavy atom. The van der Waals surface area contributed by atoms with Gasteiger partial charge in [0.05, 0.1) is 6.54 Å². The largest absolute Gasteiger partial charge is 0.336 e. The van der Waals surface area contributed by atoms with Crippen molar-refractivity contribution in [2.45, 2.75) is 45.3 Å². The lowest BCUT2D eigenvalue weighted by Crippen LogP contribution is -2.43. The number of hydrogen-bond donors (Lipinski definition) is 1. The predicted octanol–water partition coefficient (Wildman–Crippen LogP) is 2.23. The van der Waals surface area contributed by atoms with E-state index in [2.05, 4.69) is 10.3 Å². The van der Waals surface area contributed by atoms with Crippen molar-refractivity contribution in [2.75, 3.05) is 0 Å². The summed E-state index contributed by atoms with van der Waals surface area (Å²) < 4.78 is 0. The molecule has 0 bridgehead atoms. The van der Waals surface area contributed by atoms with Crippen LogP contribution >= 0.6 is 11.3 Å². The summed E-state index contributed by atoms with van der Waals surface area (Å²) in [5.41, 5.74) is 0. The van der Waals surface area contributed by atoms with Crippen molar-refractivity contribution < 1.29 is 4.79 Å². The van der Waals surface area contributed by atoms with E-state index in [1.165, 1.54) is 0 Å². The topological polar surface area (TPSA) is 45.2 Å². The summed E-state index contributed by atoms with van der Waals surface area (Å²) in [4.78, 5) is 18.1. The molecule has 88 valence electrons. The average molecular weight is 239 g/mol. The summed E-state index contributed by atoms with van der Waals surface area (Å²) in [6.45, 7) is 4.60. The molecule has 1 aliphatic carbocycles. The van der Waals surface area contributed by atoms with Crippen molar-refractivity contribution >= 4 is 17.4 Å². The first-order chi connectivity index (χ1) is 7.66. The summed E-state index contributed by atoms with van der Waals surface area (Å²) in [5, 5.41) is 5.89. The van der Waals surface area contributed by atoms with E-state index >= 15 is 0 Å². The lowest BCUT2D eigenvalue weighted by molar-refractivity contribution is 0.189. The highest BCUT2D eigenvalue weighted by Gasteiger charge is 2.33. The molecule has 0 aliphatic heterocycles. The number of rotatable bonds is 4. The standard InChI is InChI=1S/C11H17N3OS/c1-8(2)13-11(15)14(9-3-4-9)7-10-12-5-6-16-10/h5-6,8-9H,3-4,7H2,1-2H3,(H,13,15). The van der Waals surface area contributed by atoms with Crippen LogP contribution in [0.15, 0.2) is 11.6 Å². The Morgan fingerprint density at radius 3 is 2.94 bits per heavy atom. The molecule has 1 aromatic rings. The van der Waals surface area contributed by atoms with Crippen LogP contribution in [0.1, 0.15) is 31.7 Å². The molecule has 0 spiro atoms. The van der Waals surface area contributed by atoms with Crippen LogP contribution in [-0.2, 0) is 6.54 Å². The van der Waals surface area contributed by atoms with Gasteiger partial charge in [0.2, 0.25) is 0 Å². The minimum Gasteiger partial charge on any atom is -0.336 e. The maximum Gasteiger partial charge on any atom is 0.318 e. The third-order valence-electron chi connectivity index (χ3n) is 2.45. The lowest BCUT2D eigenvalue weighted by atomic mass is 10.4. The minimum absolute atomic E-state index is 0.0349. The number of carbonyl (C=O) groups is 1. The van der Waals surface area contributed by atoms with Crippen molar-refractivity contribution in [1.82, 2.24) is 15.2 Å². The van der Waals surface area contributed by atoms with Gasteiger partial charge in [0.15, 0.2) is 0 Å². The van der Waals surface area contributed by atoms with E-state index in [4.69, 9.17) is 0 Å². The molecule has 1 heterocycles. The Bertz CT molecular complexity index is 346. The van der Waals surface area contributed by atoms with Gasteiger partial charge in [0.1, 0.15) is 5.01 Å². The monoisotopic (exact) mass is 239 g/mol. The molecular weight excluding hydrogens is 222 g/mol. The fourth-order valence-electron chi connectivity index (χ4n) is 1.56. The summed E-state index contributed by atoms with van der Waals surface area (Å²) in [7, 11) is 0. The third kappa shape index (κ3) is 2.95. The summed E-state index contributed by atoms with van der Waals surface area (Å²) >= 11 is 1.60. The molecule has 0 saturated heterocycles. The molecule has 1 N–H and O–H groups in total.